The topological polar surface area (TPSA) is 78.3 Å². The van der Waals surface area contributed by atoms with E-state index in [-0.39, 0.29) is 6.10 Å². The molecule has 0 spiro atoms. The zero-order valence-electron chi connectivity index (χ0n) is 8.50. The number of methoxy groups -OCH3 is 1. The van der Waals surface area contributed by atoms with Gasteiger partial charge in [-0.2, -0.15) is 0 Å². The summed E-state index contributed by atoms with van der Waals surface area (Å²) in [7, 11) is 1.64. The normalized spacial score (nSPS) is 13.2. The van der Waals surface area contributed by atoms with Crippen LogP contribution in [-0.2, 0) is 11.2 Å². The Morgan fingerprint density at radius 3 is 3.13 bits per heavy atom. The summed E-state index contributed by atoms with van der Waals surface area (Å²) in [5.41, 5.74) is 6.33. The maximum absolute atomic E-state index is 5.55. The predicted molar refractivity (Wildman–Crippen MR) is 54.3 cm³/mol. The molecule has 0 saturated carbocycles. The number of fused-ring (bicyclic) bond motifs is 1. The van der Waals surface area contributed by atoms with Crippen molar-refractivity contribution in [1.29, 1.82) is 0 Å². The van der Waals surface area contributed by atoms with Crippen LogP contribution < -0.4 is 5.73 Å². The lowest BCUT2D eigenvalue weighted by Gasteiger charge is -2.10. The molecule has 2 aromatic heterocycles. The van der Waals surface area contributed by atoms with E-state index in [4.69, 9.17) is 10.5 Å². The summed E-state index contributed by atoms with van der Waals surface area (Å²) in [6, 6.07) is 1.81. The average molecular weight is 207 g/mol. The summed E-state index contributed by atoms with van der Waals surface area (Å²) < 4.78 is 7.03. The van der Waals surface area contributed by atoms with Crippen LogP contribution in [0.3, 0.4) is 0 Å². The molecule has 0 aliphatic heterocycles. The van der Waals surface area contributed by atoms with Crippen LogP contribution in [0.5, 0.6) is 0 Å². The van der Waals surface area contributed by atoms with Gasteiger partial charge in [-0.25, -0.2) is 4.98 Å². The summed E-state index contributed by atoms with van der Waals surface area (Å²) >= 11 is 0. The molecule has 2 N–H and O–H groups in total. The first-order valence-corrected chi connectivity index (χ1v) is 4.71. The van der Waals surface area contributed by atoms with Crippen molar-refractivity contribution < 1.29 is 4.74 Å². The summed E-state index contributed by atoms with van der Waals surface area (Å²) in [6.45, 7) is 0.464. The highest BCUT2D eigenvalue weighted by Crippen LogP contribution is 2.05. The number of hydrogen-bond donors (Lipinski definition) is 1. The van der Waals surface area contributed by atoms with E-state index in [9.17, 15) is 0 Å². The molecule has 1 atom stereocenters. The van der Waals surface area contributed by atoms with Gasteiger partial charge in [0.15, 0.2) is 5.65 Å². The second-order valence-corrected chi connectivity index (χ2v) is 3.22. The van der Waals surface area contributed by atoms with E-state index in [1.165, 1.54) is 0 Å². The van der Waals surface area contributed by atoms with Crippen LogP contribution in [0.1, 0.15) is 5.82 Å². The first-order valence-electron chi connectivity index (χ1n) is 4.71. The molecule has 6 heteroatoms. The van der Waals surface area contributed by atoms with Gasteiger partial charge >= 0.3 is 0 Å². The van der Waals surface area contributed by atoms with Crippen molar-refractivity contribution in [1.82, 2.24) is 19.6 Å². The highest BCUT2D eigenvalue weighted by Gasteiger charge is 2.11. The van der Waals surface area contributed by atoms with Gasteiger partial charge in [0.05, 0.1) is 6.10 Å². The summed E-state index contributed by atoms with van der Waals surface area (Å²) in [5.74, 6) is 0.815. The van der Waals surface area contributed by atoms with Crippen LogP contribution >= 0.6 is 0 Å². The minimum Gasteiger partial charge on any atom is -0.380 e. The molecule has 0 aliphatic rings. The Morgan fingerprint density at radius 2 is 2.40 bits per heavy atom. The van der Waals surface area contributed by atoms with Gasteiger partial charge in [-0.3, -0.25) is 4.40 Å². The van der Waals surface area contributed by atoms with Gasteiger partial charge in [0.25, 0.3) is 0 Å². The van der Waals surface area contributed by atoms with Gasteiger partial charge in [0.2, 0.25) is 0 Å². The first kappa shape index (κ1) is 10.0. The fraction of sp³-hybridized carbons (Fsp3) is 0.444. The Morgan fingerprint density at radius 1 is 1.53 bits per heavy atom. The van der Waals surface area contributed by atoms with Crippen molar-refractivity contribution in [2.45, 2.75) is 12.5 Å². The second-order valence-electron chi connectivity index (χ2n) is 3.22. The van der Waals surface area contributed by atoms with Crippen LogP contribution in [0.15, 0.2) is 18.6 Å². The summed E-state index contributed by atoms with van der Waals surface area (Å²) in [5, 5.41) is 8.09. The van der Waals surface area contributed by atoms with Crippen LogP contribution in [0.4, 0.5) is 0 Å². The van der Waals surface area contributed by atoms with Crippen molar-refractivity contribution in [3.05, 3.63) is 24.4 Å². The van der Waals surface area contributed by atoms with Gasteiger partial charge in [0, 0.05) is 32.3 Å². The monoisotopic (exact) mass is 207 g/mol. The molecule has 0 radical (unpaired) electrons. The number of rotatable bonds is 4. The fourth-order valence-electron chi connectivity index (χ4n) is 1.40. The van der Waals surface area contributed by atoms with Crippen LogP contribution in [0, 0.1) is 0 Å². The quantitative estimate of drug-likeness (QED) is 0.740. The molecule has 0 aromatic carbocycles. The third-order valence-corrected chi connectivity index (χ3v) is 2.29. The van der Waals surface area contributed by atoms with E-state index in [1.54, 1.807) is 25.7 Å². The van der Waals surface area contributed by atoms with Crippen molar-refractivity contribution in [3.8, 4) is 0 Å². The molecule has 0 saturated heterocycles. The fourth-order valence-corrected chi connectivity index (χ4v) is 1.40. The molecule has 1 unspecified atom stereocenters. The zero-order chi connectivity index (χ0) is 10.7. The zero-order valence-corrected chi connectivity index (χ0v) is 8.50. The van der Waals surface area contributed by atoms with Crippen LogP contribution in [0.2, 0.25) is 0 Å². The summed E-state index contributed by atoms with van der Waals surface area (Å²) in [6.07, 6.45) is 3.98. The molecule has 0 aliphatic carbocycles. The summed E-state index contributed by atoms with van der Waals surface area (Å²) in [4.78, 5) is 4.02. The minimum absolute atomic E-state index is 0.0300. The molecule has 0 fully saturated rings. The molecular formula is C9H13N5O. The molecule has 6 nitrogen and oxygen atoms in total. The van der Waals surface area contributed by atoms with Gasteiger partial charge in [0.1, 0.15) is 12.2 Å². The van der Waals surface area contributed by atoms with E-state index >= 15 is 0 Å². The van der Waals surface area contributed by atoms with E-state index in [2.05, 4.69) is 15.2 Å². The average Bonchev–Trinajstić information content (AvgIpc) is 2.69. The van der Waals surface area contributed by atoms with Gasteiger partial charge in [-0.05, 0) is 0 Å². The molecule has 80 valence electrons. The smallest absolute Gasteiger partial charge is 0.163 e. The van der Waals surface area contributed by atoms with Gasteiger partial charge < -0.3 is 10.5 Å². The lowest BCUT2D eigenvalue weighted by Crippen LogP contribution is -2.25. The SMILES string of the molecule is COC(CN)Cc1nnc2ccncn12. The van der Waals surface area contributed by atoms with E-state index in [0.717, 1.165) is 11.5 Å². The van der Waals surface area contributed by atoms with Gasteiger partial charge in [-0.1, -0.05) is 0 Å². The highest BCUT2D eigenvalue weighted by atomic mass is 16.5. The molecule has 2 heterocycles. The number of aromatic nitrogens is 4. The first-order chi connectivity index (χ1) is 7.35. The van der Waals surface area contributed by atoms with Crippen molar-refractivity contribution >= 4 is 5.65 Å². The maximum Gasteiger partial charge on any atom is 0.163 e. The number of ether oxygens (including phenoxy) is 1. The van der Waals surface area contributed by atoms with Crippen molar-refractivity contribution in [3.63, 3.8) is 0 Å². The van der Waals surface area contributed by atoms with E-state index in [1.807, 2.05) is 4.40 Å². The van der Waals surface area contributed by atoms with Crippen LogP contribution in [-0.4, -0.2) is 39.3 Å². The third kappa shape index (κ3) is 1.95. The predicted octanol–water partition coefficient (Wildman–Crippen LogP) is -0.360. The standard InChI is InChI=1S/C9H13N5O/c1-15-7(5-10)4-9-13-12-8-2-3-11-6-14(8)9/h2-3,6-7H,4-5,10H2,1H3. The maximum atomic E-state index is 5.55. The molecule has 2 rings (SSSR count). The molecular weight excluding hydrogens is 194 g/mol. The number of hydrogen-bond acceptors (Lipinski definition) is 5. The third-order valence-electron chi connectivity index (χ3n) is 2.29. The molecule has 0 amide bonds. The lowest BCUT2D eigenvalue weighted by atomic mass is 10.2. The van der Waals surface area contributed by atoms with E-state index in [0.29, 0.717) is 13.0 Å². The van der Waals surface area contributed by atoms with Crippen LogP contribution in [0.25, 0.3) is 5.65 Å². The van der Waals surface area contributed by atoms with Gasteiger partial charge in [-0.15, -0.1) is 10.2 Å². The minimum atomic E-state index is -0.0300. The lowest BCUT2D eigenvalue weighted by molar-refractivity contribution is 0.108. The Labute approximate surface area is 87.1 Å². The Hall–Kier alpha value is -1.53. The number of nitrogens with zero attached hydrogens (tertiary/aromatic N) is 4. The van der Waals surface area contributed by atoms with Crippen molar-refractivity contribution in [2.24, 2.45) is 5.73 Å². The number of nitrogens with two attached hydrogens (primary N) is 1. The van der Waals surface area contributed by atoms with E-state index < -0.39 is 0 Å². The molecule has 2 aromatic rings. The largest absolute Gasteiger partial charge is 0.380 e. The molecule has 0 bridgehead atoms. The van der Waals surface area contributed by atoms with Crippen molar-refractivity contribution in [2.75, 3.05) is 13.7 Å². The second kappa shape index (κ2) is 4.33. The Bertz CT molecular complexity index is 437. The highest BCUT2D eigenvalue weighted by molar-refractivity contribution is 5.35. The Kier molecular flexibility index (Phi) is 2.89. The Balaban J connectivity index is 2.28. The molecule has 15 heavy (non-hydrogen) atoms.